The summed E-state index contributed by atoms with van der Waals surface area (Å²) in [6.45, 7) is 1.04. The molecule has 5 nitrogen and oxygen atoms in total. The number of nitrogens with zero attached hydrogens (tertiary/aromatic N) is 1. The van der Waals surface area contributed by atoms with Crippen LogP contribution in [0.2, 0.25) is 0 Å². The van der Waals surface area contributed by atoms with Crippen LogP contribution in [0, 0.1) is 5.92 Å². The molecule has 2 aliphatic rings. The van der Waals surface area contributed by atoms with Crippen molar-refractivity contribution in [1.29, 1.82) is 0 Å². The van der Waals surface area contributed by atoms with Crippen LogP contribution in [-0.2, 0) is 14.3 Å². The molecule has 0 radical (unpaired) electrons. The fourth-order valence-electron chi connectivity index (χ4n) is 2.82. The molecule has 0 aromatic heterocycles. The fraction of sp³-hybridized carbons (Fsp3) is 0.846. The molecule has 5 heteroatoms. The van der Waals surface area contributed by atoms with E-state index in [1.54, 1.807) is 12.0 Å². The predicted octanol–water partition coefficient (Wildman–Crippen LogP) is 1.27. The number of likely N-dealkylation sites (tertiary alicyclic amines) is 1. The van der Waals surface area contributed by atoms with Gasteiger partial charge in [0.2, 0.25) is 5.91 Å². The summed E-state index contributed by atoms with van der Waals surface area (Å²) >= 11 is 0. The molecule has 0 aromatic carbocycles. The van der Waals surface area contributed by atoms with E-state index in [4.69, 9.17) is 9.84 Å². The van der Waals surface area contributed by atoms with Crippen molar-refractivity contribution < 1.29 is 19.4 Å². The minimum absolute atomic E-state index is 0.0440. The third kappa shape index (κ3) is 2.66. The highest BCUT2D eigenvalue weighted by Crippen LogP contribution is 2.38. The zero-order valence-electron chi connectivity index (χ0n) is 10.9. The van der Waals surface area contributed by atoms with Crippen LogP contribution in [0.3, 0.4) is 0 Å². The van der Waals surface area contributed by atoms with Gasteiger partial charge in [0.1, 0.15) is 0 Å². The zero-order valence-corrected chi connectivity index (χ0v) is 10.9. The maximum atomic E-state index is 12.2. The Balaban J connectivity index is 1.90. The molecule has 0 bridgehead atoms. The predicted molar refractivity (Wildman–Crippen MR) is 65.1 cm³/mol. The molecule has 1 saturated carbocycles. The van der Waals surface area contributed by atoms with Crippen molar-refractivity contribution in [3.63, 3.8) is 0 Å². The summed E-state index contributed by atoms with van der Waals surface area (Å²) < 4.78 is 5.45. The topological polar surface area (TPSA) is 66.8 Å². The molecule has 2 rings (SSSR count). The maximum absolute atomic E-state index is 12.2. The first-order chi connectivity index (χ1) is 8.56. The molecule has 2 fully saturated rings. The molecular formula is C13H21NO4. The number of rotatable bonds is 4. The van der Waals surface area contributed by atoms with Crippen LogP contribution in [0.25, 0.3) is 0 Å². The quantitative estimate of drug-likeness (QED) is 0.821. The van der Waals surface area contributed by atoms with E-state index in [0.29, 0.717) is 25.9 Å². The van der Waals surface area contributed by atoms with Crippen LogP contribution in [-0.4, -0.2) is 47.7 Å². The Morgan fingerprint density at radius 2 is 2.11 bits per heavy atom. The SMILES string of the molecule is COC1(CC(=O)N2CCC[C@@H](C(=O)O)C2)CCC1. The van der Waals surface area contributed by atoms with Gasteiger partial charge in [0.25, 0.3) is 0 Å². The van der Waals surface area contributed by atoms with Crippen molar-refractivity contribution in [1.82, 2.24) is 4.90 Å². The van der Waals surface area contributed by atoms with Crippen LogP contribution in [0.15, 0.2) is 0 Å². The fourth-order valence-corrected chi connectivity index (χ4v) is 2.82. The minimum Gasteiger partial charge on any atom is -0.481 e. The van der Waals surface area contributed by atoms with Gasteiger partial charge in [0.15, 0.2) is 0 Å². The Kier molecular flexibility index (Phi) is 3.90. The molecule has 1 saturated heterocycles. The molecule has 0 spiro atoms. The number of carboxylic acid groups (broad SMARTS) is 1. The van der Waals surface area contributed by atoms with Crippen LogP contribution in [0.1, 0.15) is 38.5 Å². The Morgan fingerprint density at radius 1 is 1.39 bits per heavy atom. The van der Waals surface area contributed by atoms with Gasteiger partial charge in [0.05, 0.1) is 17.9 Å². The highest BCUT2D eigenvalue weighted by molar-refractivity contribution is 5.79. The molecule has 18 heavy (non-hydrogen) atoms. The second-order valence-electron chi connectivity index (χ2n) is 5.43. The monoisotopic (exact) mass is 255 g/mol. The van der Waals surface area contributed by atoms with E-state index in [9.17, 15) is 9.59 Å². The lowest BCUT2D eigenvalue weighted by atomic mass is 9.77. The van der Waals surface area contributed by atoms with Crippen LogP contribution in [0.4, 0.5) is 0 Å². The van der Waals surface area contributed by atoms with Gasteiger partial charge in [0, 0.05) is 20.2 Å². The van der Waals surface area contributed by atoms with E-state index < -0.39 is 11.9 Å². The summed E-state index contributed by atoms with van der Waals surface area (Å²) in [5, 5.41) is 9.01. The van der Waals surface area contributed by atoms with E-state index in [1.165, 1.54) is 0 Å². The van der Waals surface area contributed by atoms with Crippen molar-refractivity contribution in [3.8, 4) is 0 Å². The molecule has 1 atom stereocenters. The third-order valence-corrected chi connectivity index (χ3v) is 4.29. The number of aliphatic carboxylic acids is 1. The molecular weight excluding hydrogens is 234 g/mol. The van der Waals surface area contributed by atoms with Gasteiger partial charge in [-0.05, 0) is 32.1 Å². The normalized spacial score (nSPS) is 26.5. The maximum Gasteiger partial charge on any atom is 0.308 e. The standard InChI is InChI=1S/C13H21NO4/c1-18-13(5-3-6-13)8-11(15)14-7-2-4-10(9-14)12(16)17/h10H,2-9H2,1H3,(H,16,17)/t10-/m1/s1. The Bertz CT molecular complexity index is 332. The summed E-state index contributed by atoms with van der Waals surface area (Å²) in [6, 6.07) is 0. The second kappa shape index (κ2) is 5.26. The van der Waals surface area contributed by atoms with Crippen molar-refractivity contribution in [3.05, 3.63) is 0 Å². The van der Waals surface area contributed by atoms with E-state index in [1.807, 2.05) is 0 Å². The number of amides is 1. The lowest BCUT2D eigenvalue weighted by molar-refractivity contribution is -0.150. The summed E-state index contributed by atoms with van der Waals surface area (Å²) in [4.78, 5) is 24.9. The van der Waals surface area contributed by atoms with Crippen molar-refractivity contribution >= 4 is 11.9 Å². The zero-order chi connectivity index (χ0) is 13.2. The first-order valence-electron chi connectivity index (χ1n) is 6.62. The first kappa shape index (κ1) is 13.3. The van der Waals surface area contributed by atoms with Gasteiger partial charge in [-0.1, -0.05) is 0 Å². The largest absolute Gasteiger partial charge is 0.481 e. The Hall–Kier alpha value is -1.10. The molecule has 1 amide bonds. The van der Waals surface area contributed by atoms with Gasteiger partial charge >= 0.3 is 5.97 Å². The molecule has 0 aromatic rings. The number of piperidine rings is 1. The molecule has 1 N–H and O–H groups in total. The number of hydrogen-bond acceptors (Lipinski definition) is 3. The number of ether oxygens (including phenoxy) is 1. The lowest BCUT2D eigenvalue weighted by Gasteiger charge is -2.42. The van der Waals surface area contributed by atoms with Crippen molar-refractivity contribution in [2.24, 2.45) is 5.92 Å². The lowest BCUT2D eigenvalue weighted by Crippen LogP contribution is -2.48. The molecule has 1 aliphatic heterocycles. The van der Waals surface area contributed by atoms with Crippen molar-refractivity contribution in [2.75, 3.05) is 20.2 Å². The first-order valence-corrected chi connectivity index (χ1v) is 6.62. The molecule has 0 unspecified atom stereocenters. The van der Waals surface area contributed by atoms with Crippen LogP contribution in [0.5, 0.6) is 0 Å². The summed E-state index contributed by atoms with van der Waals surface area (Å²) in [5.41, 5.74) is -0.271. The summed E-state index contributed by atoms with van der Waals surface area (Å²) in [5.74, 6) is -1.15. The van der Waals surface area contributed by atoms with Gasteiger partial charge in [-0.3, -0.25) is 9.59 Å². The van der Waals surface area contributed by atoms with Crippen LogP contribution < -0.4 is 0 Å². The number of carbonyl (C=O) groups excluding carboxylic acids is 1. The van der Waals surface area contributed by atoms with E-state index in [0.717, 1.165) is 25.7 Å². The average molecular weight is 255 g/mol. The highest BCUT2D eigenvalue weighted by atomic mass is 16.5. The van der Waals surface area contributed by atoms with Gasteiger partial charge in [-0.15, -0.1) is 0 Å². The van der Waals surface area contributed by atoms with E-state index in [2.05, 4.69) is 0 Å². The van der Waals surface area contributed by atoms with Gasteiger partial charge in [-0.25, -0.2) is 0 Å². The smallest absolute Gasteiger partial charge is 0.308 e. The number of hydrogen-bond donors (Lipinski definition) is 1. The number of carboxylic acids is 1. The highest BCUT2D eigenvalue weighted by Gasteiger charge is 2.40. The minimum atomic E-state index is -0.794. The van der Waals surface area contributed by atoms with E-state index in [-0.39, 0.29) is 11.5 Å². The Morgan fingerprint density at radius 3 is 2.61 bits per heavy atom. The van der Waals surface area contributed by atoms with Gasteiger partial charge < -0.3 is 14.7 Å². The van der Waals surface area contributed by atoms with Crippen LogP contribution >= 0.6 is 0 Å². The molecule has 1 aliphatic carbocycles. The Labute approximate surface area is 107 Å². The number of methoxy groups -OCH3 is 1. The van der Waals surface area contributed by atoms with Crippen molar-refractivity contribution in [2.45, 2.75) is 44.1 Å². The number of carbonyl (C=O) groups is 2. The second-order valence-corrected chi connectivity index (χ2v) is 5.43. The third-order valence-electron chi connectivity index (χ3n) is 4.29. The van der Waals surface area contributed by atoms with Gasteiger partial charge in [-0.2, -0.15) is 0 Å². The molecule has 1 heterocycles. The summed E-state index contributed by atoms with van der Waals surface area (Å²) in [6.07, 6.45) is 4.84. The average Bonchev–Trinajstić information content (AvgIpc) is 2.33. The van der Waals surface area contributed by atoms with E-state index >= 15 is 0 Å². The molecule has 102 valence electrons. The summed E-state index contributed by atoms with van der Waals surface area (Å²) in [7, 11) is 1.66.